The molecule has 0 amide bonds. The molecule has 2 unspecified atom stereocenters. The minimum Gasteiger partial charge on any atom is -0.478 e. The maximum absolute atomic E-state index is 13.4. The summed E-state index contributed by atoms with van der Waals surface area (Å²) in [7, 11) is -4.20. The van der Waals surface area contributed by atoms with E-state index in [0.29, 0.717) is 17.5 Å². The number of aromatic nitrogens is 1. The summed E-state index contributed by atoms with van der Waals surface area (Å²) in [6.45, 7) is 1.39. The molecule has 1 aromatic heterocycles. The molecule has 11 heteroatoms. The Hall–Kier alpha value is -2.17. The summed E-state index contributed by atoms with van der Waals surface area (Å²) in [4.78, 5) is 14.9. The zero-order valence-corrected chi connectivity index (χ0v) is 18.7. The summed E-state index contributed by atoms with van der Waals surface area (Å²) in [5.41, 5.74) is 0.976. The molecule has 2 aromatic rings. The molecule has 1 fully saturated rings. The molecule has 1 aliphatic rings. The average Bonchev–Trinajstić information content (AvgIpc) is 2.71. The smallest absolute Gasteiger partial charge is 0.391 e. The van der Waals surface area contributed by atoms with Gasteiger partial charge in [0.05, 0.1) is 11.5 Å². The summed E-state index contributed by atoms with van der Waals surface area (Å²) < 4.78 is 68.1. The fraction of sp³-hybridized carbons (Fsp3) is 0.429. The van der Waals surface area contributed by atoms with Crippen LogP contribution in [0, 0.1) is 12.8 Å². The molecule has 0 spiro atoms. The Balaban J connectivity index is 2.00. The Kier molecular flexibility index (Phi) is 7.16. The predicted molar refractivity (Wildman–Crippen MR) is 112 cm³/mol. The SMILES string of the molecule is Cc1cc(CN(C2CCCC(C(F)(F)F)C2)S(=O)(=O)c2ccc(Cl)nc2)ccc1C(=O)O. The van der Waals surface area contributed by atoms with Gasteiger partial charge in [-0.25, -0.2) is 18.2 Å². The van der Waals surface area contributed by atoms with Crippen molar-refractivity contribution in [2.24, 2.45) is 5.92 Å². The van der Waals surface area contributed by atoms with Crippen LogP contribution in [0.2, 0.25) is 5.15 Å². The Labute approximate surface area is 189 Å². The summed E-state index contributed by atoms with van der Waals surface area (Å²) in [5, 5.41) is 9.31. The third-order valence-electron chi connectivity index (χ3n) is 5.68. The van der Waals surface area contributed by atoms with Crippen molar-refractivity contribution < 1.29 is 31.5 Å². The highest BCUT2D eigenvalue weighted by atomic mass is 35.5. The van der Waals surface area contributed by atoms with E-state index >= 15 is 0 Å². The van der Waals surface area contributed by atoms with Crippen molar-refractivity contribution in [3.63, 3.8) is 0 Å². The third kappa shape index (κ3) is 5.41. The monoisotopic (exact) mass is 490 g/mol. The van der Waals surface area contributed by atoms with Crippen LogP contribution >= 0.6 is 11.6 Å². The second kappa shape index (κ2) is 9.36. The molecular weight excluding hydrogens is 469 g/mol. The summed E-state index contributed by atoms with van der Waals surface area (Å²) in [6, 6.07) is 6.08. The van der Waals surface area contributed by atoms with Gasteiger partial charge in [-0.1, -0.05) is 30.2 Å². The van der Waals surface area contributed by atoms with Crippen LogP contribution in [-0.4, -0.2) is 41.0 Å². The third-order valence-corrected chi connectivity index (χ3v) is 7.79. The Bertz CT molecular complexity index is 1090. The standard InChI is InChI=1S/C21H22ClF3N2O4S/c1-13-9-14(5-7-18(13)20(28)29)12-27(16-4-2-3-15(10-16)21(23,24)25)32(30,31)17-6-8-19(22)26-11-17/h5-9,11,15-16H,2-4,10,12H2,1H3,(H,28,29). The number of carbonyl (C=O) groups is 1. The number of sulfonamides is 1. The van der Waals surface area contributed by atoms with E-state index in [-0.39, 0.29) is 41.4 Å². The first-order valence-corrected chi connectivity index (χ1v) is 11.7. The molecule has 174 valence electrons. The minimum atomic E-state index is -4.41. The number of benzene rings is 1. The maximum Gasteiger partial charge on any atom is 0.391 e. The van der Waals surface area contributed by atoms with Crippen LogP contribution in [-0.2, 0) is 16.6 Å². The van der Waals surface area contributed by atoms with Gasteiger partial charge in [0.15, 0.2) is 0 Å². The molecule has 6 nitrogen and oxygen atoms in total. The molecule has 0 bridgehead atoms. The molecule has 1 N–H and O–H groups in total. The summed E-state index contributed by atoms with van der Waals surface area (Å²) in [6.07, 6.45) is -3.17. The number of hydrogen-bond acceptors (Lipinski definition) is 4. The first-order chi connectivity index (χ1) is 14.9. The first kappa shape index (κ1) is 24.5. The van der Waals surface area contributed by atoms with Gasteiger partial charge in [-0.2, -0.15) is 17.5 Å². The van der Waals surface area contributed by atoms with Crippen LogP contribution in [0.25, 0.3) is 0 Å². The van der Waals surface area contributed by atoms with Crippen LogP contribution in [0.4, 0.5) is 13.2 Å². The van der Waals surface area contributed by atoms with E-state index in [1.54, 1.807) is 6.92 Å². The van der Waals surface area contributed by atoms with Crippen LogP contribution in [0.1, 0.15) is 47.2 Å². The minimum absolute atomic E-state index is 0.0389. The number of carboxylic acid groups (broad SMARTS) is 1. The van der Waals surface area contributed by atoms with Crippen molar-refractivity contribution in [2.75, 3.05) is 0 Å². The van der Waals surface area contributed by atoms with E-state index in [4.69, 9.17) is 11.6 Å². The molecule has 0 radical (unpaired) electrons. The van der Waals surface area contributed by atoms with Gasteiger partial charge < -0.3 is 5.11 Å². The number of aryl methyl sites for hydroxylation is 1. The number of nitrogens with zero attached hydrogens (tertiary/aromatic N) is 2. The molecule has 1 aromatic carbocycles. The zero-order valence-electron chi connectivity index (χ0n) is 17.1. The molecule has 3 rings (SSSR count). The lowest BCUT2D eigenvalue weighted by Gasteiger charge is -2.37. The van der Waals surface area contributed by atoms with Gasteiger partial charge in [-0.3, -0.25) is 0 Å². The fourth-order valence-electron chi connectivity index (χ4n) is 4.03. The van der Waals surface area contributed by atoms with Crippen molar-refractivity contribution in [3.05, 3.63) is 58.4 Å². The highest BCUT2D eigenvalue weighted by Gasteiger charge is 2.45. The maximum atomic E-state index is 13.4. The molecule has 32 heavy (non-hydrogen) atoms. The van der Waals surface area contributed by atoms with Crippen molar-refractivity contribution in [1.82, 2.24) is 9.29 Å². The van der Waals surface area contributed by atoms with Gasteiger partial charge in [-0.15, -0.1) is 0 Å². The van der Waals surface area contributed by atoms with Crippen molar-refractivity contribution >= 4 is 27.6 Å². The molecule has 0 saturated heterocycles. The lowest BCUT2D eigenvalue weighted by Crippen LogP contribution is -2.44. The van der Waals surface area contributed by atoms with Gasteiger partial charge in [-0.05, 0) is 55.5 Å². The van der Waals surface area contributed by atoms with Gasteiger partial charge >= 0.3 is 12.1 Å². The first-order valence-electron chi connectivity index (χ1n) is 9.92. The number of pyridine rings is 1. The van der Waals surface area contributed by atoms with Crippen LogP contribution < -0.4 is 0 Å². The number of rotatable bonds is 6. The molecule has 0 aliphatic heterocycles. The van der Waals surface area contributed by atoms with Crippen LogP contribution in [0.15, 0.2) is 41.4 Å². The van der Waals surface area contributed by atoms with Crippen LogP contribution in [0.3, 0.4) is 0 Å². The quantitative estimate of drug-likeness (QED) is 0.572. The van der Waals surface area contributed by atoms with Crippen molar-refractivity contribution in [1.29, 1.82) is 0 Å². The van der Waals surface area contributed by atoms with Gasteiger partial charge in [0, 0.05) is 18.8 Å². The van der Waals surface area contributed by atoms with Gasteiger partial charge in [0.2, 0.25) is 10.0 Å². The van der Waals surface area contributed by atoms with E-state index in [9.17, 15) is 31.5 Å². The highest BCUT2D eigenvalue weighted by molar-refractivity contribution is 7.89. The Morgan fingerprint density at radius 3 is 2.53 bits per heavy atom. The molecule has 1 saturated carbocycles. The number of alkyl halides is 3. The van der Waals surface area contributed by atoms with Crippen molar-refractivity contribution in [2.45, 2.75) is 56.3 Å². The summed E-state index contributed by atoms with van der Waals surface area (Å²) in [5.74, 6) is -2.70. The van der Waals surface area contributed by atoms with E-state index in [2.05, 4.69) is 4.98 Å². The van der Waals surface area contributed by atoms with E-state index in [0.717, 1.165) is 10.5 Å². The fourth-order valence-corrected chi connectivity index (χ4v) is 5.74. The lowest BCUT2D eigenvalue weighted by molar-refractivity contribution is -0.185. The summed E-state index contributed by atoms with van der Waals surface area (Å²) >= 11 is 5.75. The van der Waals surface area contributed by atoms with E-state index in [1.165, 1.54) is 30.3 Å². The molecule has 1 heterocycles. The van der Waals surface area contributed by atoms with Crippen LogP contribution in [0.5, 0.6) is 0 Å². The molecular formula is C21H22ClF3N2O4S. The number of hydrogen-bond donors (Lipinski definition) is 1. The largest absolute Gasteiger partial charge is 0.478 e. The van der Waals surface area contributed by atoms with E-state index < -0.39 is 34.1 Å². The number of aromatic carboxylic acids is 1. The predicted octanol–water partition coefficient (Wildman–Crippen LogP) is 5.05. The van der Waals surface area contributed by atoms with Crippen molar-refractivity contribution in [3.8, 4) is 0 Å². The molecule has 2 atom stereocenters. The Morgan fingerprint density at radius 2 is 1.97 bits per heavy atom. The lowest BCUT2D eigenvalue weighted by atomic mass is 9.85. The zero-order chi connectivity index (χ0) is 23.7. The second-order valence-corrected chi connectivity index (χ2v) is 10.2. The van der Waals surface area contributed by atoms with Gasteiger partial charge in [0.25, 0.3) is 0 Å². The topological polar surface area (TPSA) is 87.6 Å². The number of carboxylic acids is 1. The Morgan fingerprint density at radius 1 is 1.25 bits per heavy atom. The van der Waals surface area contributed by atoms with Gasteiger partial charge in [0.1, 0.15) is 10.0 Å². The molecule has 1 aliphatic carbocycles. The highest BCUT2D eigenvalue weighted by Crippen LogP contribution is 2.40. The average molecular weight is 491 g/mol. The normalized spacial score (nSPS) is 19.8. The van der Waals surface area contributed by atoms with E-state index in [1.807, 2.05) is 0 Å². The second-order valence-electron chi connectivity index (χ2n) is 7.88. The number of halogens is 4.